The topological polar surface area (TPSA) is 105 Å². The van der Waals surface area contributed by atoms with Crippen LogP contribution in [0.5, 0.6) is 11.5 Å². The van der Waals surface area contributed by atoms with Crippen molar-refractivity contribution in [3.8, 4) is 11.5 Å². The highest BCUT2D eigenvalue weighted by Crippen LogP contribution is 2.30. The molecule has 0 bridgehead atoms. The van der Waals surface area contributed by atoms with E-state index >= 15 is 0 Å². The maximum Gasteiger partial charge on any atom is 0.242 e. The number of nitrogens with zero attached hydrogens (tertiary/aromatic N) is 2. The van der Waals surface area contributed by atoms with Crippen molar-refractivity contribution in [1.29, 1.82) is 0 Å². The average Bonchev–Trinajstić information content (AvgIpc) is 2.94. The lowest BCUT2D eigenvalue weighted by atomic mass is 9.95. The first-order chi connectivity index (χ1) is 19.1. The molecule has 0 heterocycles. The minimum Gasteiger partial charge on any atom is -0.497 e. The third-order valence-electron chi connectivity index (χ3n) is 7.19. The second-order valence-electron chi connectivity index (χ2n) is 10.2. The SMILES string of the molecule is CCOc1ccccc1N(CCCC(=O)N(Cc1cccc(OC)c1)[C@H](C)C(=O)NC1CCCCC1)S(C)(=O)=O. The van der Waals surface area contributed by atoms with Crippen LogP contribution in [0.1, 0.15) is 64.4 Å². The molecule has 220 valence electrons. The Balaban J connectivity index is 1.75. The number of hydrogen-bond donors (Lipinski definition) is 1. The van der Waals surface area contributed by atoms with Gasteiger partial charge in [-0.05, 0) is 62.9 Å². The van der Waals surface area contributed by atoms with Crippen molar-refractivity contribution in [2.75, 3.05) is 30.8 Å². The molecule has 40 heavy (non-hydrogen) atoms. The fraction of sp³-hybridized carbons (Fsp3) is 0.533. The summed E-state index contributed by atoms with van der Waals surface area (Å²) in [5.74, 6) is 0.739. The van der Waals surface area contributed by atoms with Gasteiger partial charge in [0.15, 0.2) is 0 Å². The quantitative estimate of drug-likeness (QED) is 0.357. The van der Waals surface area contributed by atoms with E-state index in [-0.39, 0.29) is 43.8 Å². The summed E-state index contributed by atoms with van der Waals surface area (Å²) in [5, 5.41) is 3.14. The van der Waals surface area contributed by atoms with Crippen LogP contribution in [0.25, 0.3) is 0 Å². The Bertz CT molecular complexity index is 1230. The summed E-state index contributed by atoms with van der Waals surface area (Å²) in [6.45, 7) is 4.32. The summed E-state index contributed by atoms with van der Waals surface area (Å²) in [6.07, 6.45) is 6.77. The highest BCUT2D eigenvalue weighted by molar-refractivity contribution is 7.92. The number of sulfonamides is 1. The van der Waals surface area contributed by atoms with Crippen LogP contribution in [-0.2, 0) is 26.2 Å². The van der Waals surface area contributed by atoms with Gasteiger partial charge in [-0.25, -0.2) is 8.42 Å². The van der Waals surface area contributed by atoms with Crippen molar-refractivity contribution in [3.63, 3.8) is 0 Å². The third kappa shape index (κ3) is 8.87. The molecule has 0 aromatic heterocycles. The monoisotopic (exact) mass is 573 g/mol. The molecular formula is C30H43N3O6S. The Morgan fingerprint density at radius 2 is 1.80 bits per heavy atom. The van der Waals surface area contributed by atoms with Crippen LogP contribution < -0.4 is 19.1 Å². The van der Waals surface area contributed by atoms with E-state index in [1.54, 1.807) is 43.2 Å². The van der Waals surface area contributed by atoms with Crippen LogP contribution in [0.15, 0.2) is 48.5 Å². The molecule has 1 fully saturated rings. The van der Waals surface area contributed by atoms with Gasteiger partial charge in [-0.15, -0.1) is 0 Å². The second kappa shape index (κ2) is 14.9. The molecule has 3 rings (SSSR count). The van der Waals surface area contributed by atoms with E-state index in [0.29, 0.717) is 23.8 Å². The molecule has 0 aliphatic heterocycles. The zero-order valence-corrected chi connectivity index (χ0v) is 24.9. The van der Waals surface area contributed by atoms with Crippen LogP contribution in [0.2, 0.25) is 0 Å². The molecule has 1 saturated carbocycles. The van der Waals surface area contributed by atoms with Gasteiger partial charge in [0.25, 0.3) is 0 Å². The molecule has 1 aliphatic rings. The van der Waals surface area contributed by atoms with E-state index in [2.05, 4.69) is 5.32 Å². The summed E-state index contributed by atoms with van der Waals surface area (Å²) < 4.78 is 37.7. The molecule has 0 spiro atoms. The molecule has 2 aromatic rings. The van der Waals surface area contributed by atoms with Crippen molar-refractivity contribution in [1.82, 2.24) is 10.2 Å². The van der Waals surface area contributed by atoms with Crippen molar-refractivity contribution in [2.24, 2.45) is 0 Å². The molecule has 10 heteroatoms. The normalized spacial score (nSPS) is 14.7. The number of methoxy groups -OCH3 is 1. The zero-order valence-electron chi connectivity index (χ0n) is 24.1. The van der Waals surface area contributed by atoms with E-state index in [4.69, 9.17) is 9.47 Å². The second-order valence-corrected chi connectivity index (χ2v) is 12.1. The third-order valence-corrected chi connectivity index (χ3v) is 8.37. The van der Waals surface area contributed by atoms with Crippen LogP contribution >= 0.6 is 0 Å². The van der Waals surface area contributed by atoms with E-state index in [1.807, 2.05) is 31.2 Å². The number of ether oxygens (including phenoxy) is 2. The number of para-hydroxylation sites is 2. The lowest BCUT2D eigenvalue weighted by Gasteiger charge is -2.31. The number of hydrogen-bond acceptors (Lipinski definition) is 6. The predicted molar refractivity (Wildman–Crippen MR) is 157 cm³/mol. The van der Waals surface area contributed by atoms with Gasteiger partial charge in [-0.3, -0.25) is 13.9 Å². The first kappa shape index (κ1) is 31.3. The van der Waals surface area contributed by atoms with Gasteiger partial charge in [0.05, 0.1) is 25.7 Å². The smallest absolute Gasteiger partial charge is 0.242 e. The van der Waals surface area contributed by atoms with Gasteiger partial charge in [-0.1, -0.05) is 43.5 Å². The Kier molecular flexibility index (Phi) is 11.7. The van der Waals surface area contributed by atoms with Crippen LogP contribution in [0.4, 0.5) is 5.69 Å². The zero-order chi connectivity index (χ0) is 29.1. The number of nitrogens with one attached hydrogen (secondary N) is 1. The number of rotatable bonds is 14. The van der Waals surface area contributed by atoms with Gasteiger partial charge in [0.2, 0.25) is 21.8 Å². The largest absolute Gasteiger partial charge is 0.497 e. The Morgan fingerprint density at radius 3 is 2.48 bits per heavy atom. The summed E-state index contributed by atoms with van der Waals surface area (Å²) in [4.78, 5) is 28.4. The Hall–Kier alpha value is -3.27. The summed E-state index contributed by atoms with van der Waals surface area (Å²) in [7, 11) is -2.05. The lowest BCUT2D eigenvalue weighted by Crippen LogP contribution is -2.50. The molecule has 2 amide bonds. The number of carbonyl (C=O) groups excluding carboxylic acids is 2. The van der Waals surface area contributed by atoms with Gasteiger partial charge in [0, 0.05) is 25.6 Å². The predicted octanol–water partition coefficient (Wildman–Crippen LogP) is 4.51. The van der Waals surface area contributed by atoms with E-state index in [0.717, 1.165) is 37.5 Å². The van der Waals surface area contributed by atoms with E-state index in [1.165, 1.54) is 10.7 Å². The number of carbonyl (C=O) groups is 2. The first-order valence-electron chi connectivity index (χ1n) is 14.1. The minimum atomic E-state index is -3.63. The standard InChI is InChI=1S/C30H43N3O6S/c1-5-39-28-18-10-9-17-27(28)33(40(4,36)37)20-12-19-29(34)32(22-24-13-11-16-26(21-24)38-3)23(2)30(35)31-25-14-7-6-8-15-25/h9-11,13,16-18,21,23,25H,5-8,12,14-15,19-20,22H2,1-4H3,(H,31,35)/t23-/m1/s1. The van der Waals surface area contributed by atoms with Gasteiger partial charge < -0.3 is 19.7 Å². The van der Waals surface area contributed by atoms with Gasteiger partial charge in [-0.2, -0.15) is 0 Å². The molecule has 0 unspecified atom stereocenters. The average molecular weight is 574 g/mol. The highest BCUT2D eigenvalue weighted by Gasteiger charge is 2.29. The number of amides is 2. The molecular weight excluding hydrogens is 530 g/mol. The number of anilines is 1. The summed E-state index contributed by atoms with van der Waals surface area (Å²) in [6, 6.07) is 13.8. The fourth-order valence-electron chi connectivity index (χ4n) is 5.04. The molecule has 1 aliphatic carbocycles. The molecule has 1 N–H and O–H groups in total. The minimum absolute atomic E-state index is 0.0772. The summed E-state index contributed by atoms with van der Waals surface area (Å²) >= 11 is 0. The van der Waals surface area contributed by atoms with Crippen molar-refractivity contribution < 1.29 is 27.5 Å². The highest BCUT2D eigenvalue weighted by atomic mass is 32.2. The first-order valence-corrected chi connectivity index (χ1v) is 15.9. The van der Waals surface area contributed by atoms with Crippen molar-refractivity contribution in [2.45, 2.75) is 77.4 Å². The van der Waals surface area contributed by atoms with Gasteiger partial charge >= 0.3 is 0 Å². The maximum atomic E-state index is 13.6. The van der Waals surface area contributed by atoms with Crippen LogP contribution in [0.3, 0.4) is 0 Å². The molecule has 1 atom stereocenters. The van der Waals surface area contributed by atoms with Crippen molar-refractivity contribution in [3.05, 3.63) is 54.1 Å². The molecule has 9 nitrogen and oxygen atoms in total. The van der Waals surface area contributed by atoms with Crippen LogP contribution in [-0.4, -0.2) is 63.7 Å². The molecule has 2 aromatic carbocycles. The Labute approximate surface area is 238 Å². The Morgan fingerprint density at radius 1 is 1.07 bits per heavy atom. The molecule has 0 radical (unpaired) electrons. The van der Waals surface area contributed by atoms with Crippen LogP contribution in [0, 0.1) is 0 Å². The van der Waals surface area contributed by atoms with E-state index < -0.39 is 16.1 Å². The molecule has 0 saturated heterocycles. The van der Waals surface area contributed by atoms with Crippen molar-refractivity contribution >= 4 is 27.5 Å². The lowest BCUT2D eigenvalue weighted by molar-refractivity contribution is -0.141. The van der Waals surface area contributed by atoms with Gasteiger partial charge in [0.1, 0.15) is 17.5 Å². The fourth-order valence-corrected chi connectivity index (χ4v) is 6.01. The van der Waals surface area contributed by atoms with E-state index in [9.17, 15) is 18.0 Å². The maximum absolute atomic E-state index is 13.6. The number of benzene rings is 2. The summed E-state index contributed by atoms with van der Waals surface area (Å²) in [5.41, 5.74) is 1.28.